The Kier molecular flexibility index (Phi) is 4.79. The number of amides is 1. The SMILES string of the molecule is Cc1cccc(NC(=O)Cn2ncn3nc(-c4ccc(Br)cc4)cc3c2=O)c1. The van der Waals surface area contributed by atoms with E-state index in [1.54, 1.807) is 12.1 Å². The lowest BCUT2D eigenvalue weighted by atomic mass is 10.1. The highest BCUT2D eigenvalue weighted by Gasteiger charge is 2.12. The highest BCUT2D eigenvalue weighted by atomic mass is 79.9. The number of carbonyl (C=O) groups is 1. The van der Waals surface area contributed by atoms with E-state index in [1.165, 1.54) is 10.8 Å². The van der Waals surface area contributed by atoms with Crippen molar-refractivity contribution in [1.82, 2.24) is 19.4 Å². The zero-order valence-electron chi connectivity index (χ0n) is 15.0. The lowest BCUT2D eigenvalue weighted by Gasteiger charge is -2.07. The topological polar surface area (TPSA) is 81.3 Å². The Morgan fingerprint density at radius 2 is 1.93 bits per heavy atom. The normalized spacial score (nSPS) is 10.9. The molecule has 2 heterocycles. The Hall–Kier alpha value is -3.26. The molecule has 0 atom stereocenters. The maximum Gasteiger partial charge on any atom is 0.293 e. The van der Waals surface area contributed by atoms with E-state index < -0.39 is 0 Å². The van der Waals surface area contributed by atoms with E-state index in [4.69, 9.17) is 0 Å². The van der Waals surface area contributed by atoms with Crippen LogP contribution in [0.3, 0.4) is 0 Å². The number of anilines is 1. The molecule has 8 heteroatoms. The van der Waals surface area contributed by atoms with Gasteiger partial charge in [-0.1, -0.05) is 40.2 Å². The molecule has 0 saturated carbocycles. The fraction of sp³-hybridized carbons (Fsp3) is 0.100. The van der Waals surface area contributed by atoms with Crippen LogP contribution in [0.25, 0.3) is 16.8 Å². The van der Waals surface area contributed by atoms with Crippen molar-refractivity contribution in [2.24, 2.45) is 0 Å². The standard InChI is InChI=1S/C20H16BrN5O2/c1-13-3-2-4-16(9-13)23-19(27)11-25-20(28)18-10-17(24-26(18)12-22-25)14-5-7-15(21)8-6-14/h2-10,12H,11H2,1H3,(H,23,27). The van der Waals surface area contributed by atoms with Crippen molar-refractivity contribution in [2.75, 3.05) is 5.32 Å². The van der Waals surface area contributed by atoms with Crippen LogP contribution in [0.2, 0.25) is 0 Å². The van der Waals surface area contributed by atoms with Gasteiger partial charge in [-0.15, -0.1) is 0 Å². The van der Waals surface area contributed by atoms with Crippen molar-refractivity contribution >= 4 is 33.0 Å². The smallest absolute Gasteiger partial charge is 0.293 e. The number of fused-ring (bicyclic) bond motifs is 1. The zero-order valence-corrected chi connectivity index (χ0v) is 16.5. The summed E-state index contributed by atoms with van der Waals surface area (Å²) in [5, 5.41) is 11.2. The van der Waals surface area contributed by atoms with Gasteiger partial charge < -0.3 is 5.32 Å². The van der Waals surface area contributed by atoms with Crippen molar-refractivity contribution in [3.05, 3.63) is 81.3 Å². The van der Waals surface area contributed by atoms with E-state index in [9.17, 15) is 9.59 Å². The van der Waals surface area contributed by atoms with Crippen molar-refractivity contribution in [3.63, 3.8) is 0 Å². The van der Waals surface area contributed by atoms with E-state index in [2.05, 4.69) is 31.4 Å². The van der Waals surface area contributed by atoms with Gasteiger partial charge in [0.15, 0.2) is 0 Å². The molecular formula is C20H16BrN5O2. The first-order chi connectivity index (χ1) is 13.5. The molecule has 0 radical (unpaired) electrons. The number of halogens is 1. The second-order valence-corrected chi connectivity index (χ2v) is 7.29. The second kappa shape index (κ2) is 7.40. The van der Waals surface area contributed by atoms with Crippen LogP contribution in [0.1, 0.15) is 5.56 Å². The van der Waals surface area contributed by atoms with Crippen molar-refractivity contribution in [1.29, 1.82) is 0 Å². The summed E-state index contributed by atoms with van der Waals surface area (Å²) in [6.45, 7) is 1.76. The van der Waals surface area contributed by atoms with Crippen LogP contribution in [-0.4, -0.2) is 25.3 Å². The summed E-state index contributed by atoms with van der Waals surface area (Å²) in [4.78, 5) is 25.0. The van der Waals surface area contributed by atoms with E-state index in [0.29, 0.717) is 16.9 Å². The molecule has 1 amide bonds. The Morgan fingerprint density at radius 3 is 2.68 bits per heavy atom. The maximum atomic E-state index is 12.7. The highest BCUT2D eigenvalue weighted by molar-refractivity contribution is 9.10. The third-order valence-electron chi connectivity index (χ3n) is 4.22. The Balaban J connectivity index is 1.60. The molecular weight excluding hydrogens is 422 g/mol. The van der Waals surface area contributed by atoms with Gasteiger partial charge in [0.1, 0.15) is 18.4 Å². The molecule has 28 heavy (non-hydrogen) atoms. The van der Waals surface area contributed by atoms with Gasteiger partial charge in [0.2, 0.25) is 5.91 Å². The predicted octanol–water partition coefficient (Wildman–Crippen LogP) is 3.27. The molecule has 2 aromatic carbocycles. The summed E-state index contributed by atoms with van der Waals surface area (Å²) < 4.78 is 3.52. The quantitative estimate of drug-likeness (QED) is 0.531. The van der Waals surface area contributed by atoms with Gasteiger partial charge in [0, 0.05) is 15.7 Å². The molecule has 0 fully saturated rings. The van der Waals surface area contributed by atoms with Crippen LogP contribution in [-0.2, 0) is 11.3 Å². The van der Waals surface area contributed by atoms with E-state index in [0.717, 1.165) is 20.3 Å². The molecule has 4 rings (SSSR count). The van der Waals surface area contributed by atoms with Gasteiger partial charge in [0.25, 0.3) is 5.56 Å². The Labute approximate surface area is 168 Å². The number of nitrogens with zero attached hydrogens (tertiary/aromatic N) is 4. The third kappa shape index (κ3) is 3.72. The molecule has 0 aliphatic rings. The first-order valence-electron chi connectivity index (χ1n) is 8.57. The summed E-state index contributed by atoms with van der Waals surface area (Å²) >= 11 is 3.40. The fourth-order valence-corrected chi connectivity index (χ4v) is 3.14. The molecule has 0 unspecified atom stereocenters. The fourth-order valence-electron chi connectivity index (χ4n) is 2.87. The number of carbonyl (C=O) groups excluding carboxylic acids is 1. The minimum Gasteiger partial charge on any atom is -0.324 e. The summed E-state index contributed by atoms with van der Waals surface area (Å²) in [7, 11) is 0. The molecule has 0 bridgehead atoms. The number of rotatable bonds is 4. The molecule has 2 aromatic heterocycles. The van der Waals surface area contributed by atoms with E-state index in [1.807, 2.05) is 49.4 Å². The lowest BCUT2D eigenvalue weighted by Crippen LogP contribution is -2.30. The number of hydrogen-bond acceptors (Lipinski definition) is 4. The van der Waals surface area contributed by atoms with E-state index in [-0.39, 0.29) is 18.0 Å². The minimum absolute atomic E-state index is 0.178. The van der Waals surface area contributed by atoms with Crippen LogP contribution < -0.4 is 10.9 Å². The van der Waals surface area contributed by atoms with E-state index >= 15 is 0 Å². The predicted molar refractivity (Wildman–Crippen MR) is 110 cm³/mol. The molecule has 1 N–H and O–H groups in total. The molecule has 0 saturated heterocycles. The molecule has 0 aliphatic carbocycles. The lowest BCUT2D eigenvalue weighted by molar-refractivity contribution is -0.117. The van der Waals surface area contributed by atoms with Crippen molar-refractivity contribution in [3.8, 4) is 11.3 Å². The monoisotopic (exact) mass is 437 g/mol. The molecule has 7 nitrogen and oxygen atoms in total. The molecule has 4 aromatic rings. The molecule has 0 spiro atoms. The van der Waals surface area contributed by atoms with Crippen LogP contribution in [0.15, 0.2) is 70.2 Å². The van der Waals surface area contributed by atoms with Crippen LogP contribution in [0.4, 0.5) is 5.69 Å². The largest absolute Gasteiger partial charge is 0.324 e. The number of aryl methyl sites for hydroxylation is 1. The summed E-state index contributed by atoms with van der Waals surface area (Å²) in [5.74, 6) is -0.322. The summed E-state index contributed by atoms with van der Waals surface area (Å²) in [6.07, 6.45) is 1.43. The Morgan fingerprint density at radius 1 is 1.14 bits per heavy atom. The minimum atomic E-state index is -0.377. The maximum absolute atomic E-state index is 12.7. The van der Waals surface area contributed by atoms with Gasteiger partial charge in [-0.05, 0) is 42.8 Å². The molecule has 0 aliphatic heterocycles. The van der Waals surface area contributed by atoms with Gasteiger partial charge in [0.05, 0.1) is 5.69 Å². The third-order valence-corrected chi connectivity index (χ3v) is 4.75. The zero-order chi connectivity index (χ0) is 19.7. The first-order valence-corrected chi connectivity index (χ1v) is 9.37. The number of nitrogens with one attached hydrogen (secondary N) is 1. The highest BCUT2D eigenvalue weighted by Crippen LogP contribution is 2.20. The van der Waals surface area contributed by atoms with Crippen LogP contribution in [0.5, 0.6) is 0 Å². The first kappa shape index (κ1) is 18.1. The second-order valence-electron chi connectivity index (χ2n) is 6.38. The summed E-state index contributed by atoms with van der Waals surface area (Å²) in [5.41, 5.74) is 3.24. The van der Waals surface area contributed by atoms with Gasteiger partial charge in [-0.2, -0.15) is 10.2 Å². The number of aromatic nitrogens is 4. The summed E-state index contributed by atoms with van der Waals surface area (Å²) in [6, 6.07) is 16.8. The van der Waals surface area contributed by atoms with Crippen molar-refractivity contribution < 1.29 is 4.79 Å². The van der Waals surface area contributed by atoms with Gasteiger partial charge >= 0.3 is 0 Å². The number of hydrogen-bond donors (Lipinski definition) is 1. The average molecular weight is 438 g/mol. The van der Waals surface area contributed by atoms with Crippen LogP contribution >= 0.6 is 15.9 Å². The number of benzene rings is 2. The van der Waals surface area contributed by atoms with Gasteiger partial charge in [-0.25, -0.2) is 9.20 Å². The average Bonchev–Trinajstić information content (AvgIpc) is 3.10. The Bertz CT molecular complexity index is 1230. The van der Waals surface area contributed by atoms with Gasteiger partial charge in [-0.3, -0.25) is 9.59 Å². The molecule has 140 valence electrons. The van der Waals surface area contributed by atoms with Crippen LogP contribution in [0, 0.1) is 6.92 Å². The van der Waals surface area contributed by atoms with Crippen molar-refractivity contribution in [2.45, 2.75) is 13.5 Å².